The summed E-state index contributed by atoms with van der Waals surface area (Å²) >= 11 is 0. The van der Waals surface area contributed by atoms with Gasteiger partial charge in [-0.15, -0.1) is 0 Å². The fourth-order valence-corrected chi connectivity index (χ4v) is 1.70. The highest BCUT2D eigenvalue weighted by molar-refractivity contribution is 5.77. The van der Waals surface area contributed by atoms with E-state index in [1.807, 2.05) is 31.2 Å². The zero-order valence-corrected chi connectivity index (χ0v) is 8.23. The van der Waals surface area contributed by atoms with Crippen LogP contribution in [0.2, 0.25) is 0 Å². The van der Waals surface area contributed by atoms with E-state index in [4.69, 9.17) is 10.5 Å². The van der Waals surface area contributed by atoms with Gasteiger partial charge in [0.1, 0.15) is 5.75 Å². The minimum absolute atomic E-state index is 0.171. The molecule has 1 aromatic carbocycles. The predicted octanol–water partition coefficient (Wildman–Crippen LogP) is 1.89. The molecule has 3 heteroatoms. The molecule has 0 aliphatic carbocycles. The Labute approximate surface area is 83.6 Å². The number of hydrogen-bond acceptors (Lipinski definition) is 2. The first-order valence-corrected chi connectivity index (χ1v) is 4.79. The van der Waals surface area contributed by atoms with E-state index in [0.29, 0.717) is 5.84 Å². The molecular weight excluding hydrogens is 176 g/mol. The number of para-hydroxylation sites is 1. The van der Waals surface area contributed by atoms with Gasteiger partial charge in [-0.25, -0.2) is 0 Å². The number of ether oxygens (including phenoxy) is 1. The van der Waals surface area contributed by atoms with E-state index in [1.165, 1.54) is 0 Å². The molecule has 14 heavy (non-hydrogen) atoms. The molecule has 3 nitrogen and oxygen atoms in total. The summed E-state index contributed by atoms with van der Waals surface area (Å²) in [6.45, 7) is 2.54. The lowest BCUT2D eigenvalue weighted by molar-refractivity contribution is 0.269. The minimum Gasteiger partial charge on any atom is -0.493 e. The van der Waals surface area contributed by atoms with Gasteiger partial charge in [0.25, 0.3) is 0 Å². The Kier molecular flexibility index (Phi) is 2.39. The third-order valence-electron chi connectivity index (χ3n) is 2.29. The third kappa shape index (κ3) is 1.71. The van der Waals surface area contributed by atoms with Gasteiger partial charge in [0.15, 0.2) is 0 Å². The first kappa shape index (κ1) is 9.06. The van der Waals surface area contributed by atoms with Crippen molar-refractivity contribution in [2.24, 2.45) is 10.7 Å². The Balaban J connectivity index is 2.35. The Hall–Kier alpha value is -1.51. The van der Waals surface area contributed by atoms with Crippen LogP contribution in [0.5, 0.6) is 5.75 Å². The Morgan fingerprint density at radius 2 is 2.29 bits per heavy atom. The highest BCUT2D eigenvalue weighted by Crippen LogP contribution is 2.33. The zero-order chi connectivity index (χ0) is 9.97. The van der Waals surface area contributed by atoms with E-state index < -0.39 is 0 Å². The number of nitrogens with two attached hydrogens (primary N) is 1. The topological polar surface area (TPSA) is 47.6 Å². The van der Waals surface area contributed by atoms with Crippen molar-refractivity contribution < 1.29 is 4.74 Å². The van der Waals surface area contributed by atoms with Crippen LogP contribution in [0.4, 0.5) is 0 Å². The van der Waals surface area contributed by atoms with Crippen LogP contribution in [0.3, 0.4) is 0 Å². The molecule has 0 saturated heterocycles. The van der Waals surface area contributed by atoms with E-state index in [2.05, 4.69) is 4.99 Å². The molecule has 1 aromatic rings. The summed E-state index contributed by atoms with van der Waals surface area (Å²) in [5, 5.41) is 0. The standard InChI is InChI=1S/C11H14N2O/c1-8(12)13-10-6-7-14-11-5-3-2-4-9(10)11/h2-5,10H,6-7H2,1H3,(H2,12,13). The lowest BCUT2D eigenvalue weighted by Gasteiger charge is -2.23. The number of rotatable bonds is 1. The summed E-state index contributed by atoms with van der Waals surface area (Å²) in [5.74, 6) is 1.57. The summed E-state index contributed by atoms with van der Waals surface area (Å²) in [5.41, 5.74) is 6.73. The Morgan fingerprint density at radius 1 is 1.50 bits per heavy atom. The van der Waals surface area contributed by atoms with E-state index in [-0.39, 0.29) is 6.04 Å². The van der Waals surface area contributed by atoms with Crippen LogP contribution < -0.4 is 10.5 Å². The lowest BCUT2D eigenvalue weighted by Crippen LogP contribution is -2.16. The summed E-state index contributed by atoms with van der Waals surface area (Å²) in [6, 6.07) is 8.17. The van der Waals surface area contributed by atoms with Crippen LogP contribution >= 0.6 is 0 Å². The van der Waals surface area contributed by atoms with Crippen molar-refractivity contribution in [2.45, 2.75) is 19.4 Å². The molecule has 1 aliphatic rings. The van der Waals surface area contributed by atoms with Crippen LogP contribution in [0.1, 0.15) is 24.9 Å². The highest BCUT2D eigenvalue weighted by Gasteiger charge is 2.19. The van der Waals surface area contributed by atoms with Crippen molar-refractivity contribution >= 4 is 5.84 Å². The molecule has 0 saturated carbocycles. The molecule has 0 aromatic heterocycles. The SMILES string of the molecule is CC(N)=NC1CCOc2ccccc21. The number of benzene rings is 1. The molecule has 0 bridgehead atoms. The van der Waals surface area contributed by atoms with Gasteiger partial charge in [-0.3, -0.25) is 4.99 Å². The van der Waals surface area contributed by atoms with Gasteiger partial charge in [0.2, 0.25) is 0 Å². The van der Waals surface area contributed by atoms with Gasteiger partial charge in [0, 0.05) is 12.0 Å². The van der Waals surface area contributed by atoms with Gasteiger partial charge < -0.3 is 10.5 Å². The summed E-state index contributed by atoms with van der Waals surface area (Å²) < 4.78 is 5.53. The second kappa shape index (κ2) is 3.70. The number of fused-ring (bicyclic) bond motifs is 1. The molecular formula is C11H14N2O. The van der Waals surface area contributed by atoms with E-state index in [1.54, 1.807) is 0 Å². The minimum atomic E-state index is 0.171. The van der Waals surface area contributed by atoms with Crippen LogP contribution in [-0.2, 0) is 0 Å². The quantitative estimate of drug-likeness (QED) is 0.543. The van der Waals surface area contributed by atoms with Gasteiger partial charge in [-0.2, -0.15) is 0 Å². The van der Waals surface area contributed by atoms with Crippen LogP contribution in [0.25, 0.3) is 0 Å². The molecule has 0 spiro atoms. The number of aliphatic imine (C=N–C) groups is 1. The summed E-state index contributed by atoms with van der Waals surface area (Å²) in [4.78, 5) is 4.39. The Morgan fingerprint density at radius 3 is 3.07 bits per heavy atom. The number of amidine groups is 1. The average molecular weight is 190 g/mol. The summed E-state index contributed by atoms with van der Waals surface area (Å²) in [7, 11) is 0. The number of hydrogen-bond donors (Lipinski definition) is 1. The molecule has 1 atom stereocenters. The molecule has 0 fully saturated rings. The first-order valence-electron chi connectivity index (χ1n) is 4.79. The van der Waals surface area contributed by atoms with Crippen molar-refractivity contribution in [2.75, 3.05) is 6.61 Å². The molecule has 1 unspecified atom stereocenters. The smallest absolute Gasteiger partial charge is 0.124 e. The van der Waals surface area contributed by atoms with E-state index in [9.17, 15) is 0 Å². The van der Waals surface area contributed by atoms with Gasteiger partial charge in [-0.1, -0.05) is 18.2 Å². The van der Waals surface area contributed by atoms with Crippen LogP contribution in [0, 0.1) is 0 Å². The van der Waals surface area contributed by atoms with Crippen molar-refractivity contribution in [3.63, 3.8) is 0 Å². The molecule has 1 aliphatic heterocycles. The maximum absolute atomic E-state index is 5.59. The fraction of sp³-hybridized carbons (Fsp3) is 0.364. The first-order chi connectivity index (χ1) is 6.77. The lowest BCUT2D eigenvalue weighted by atomic mass is 10.0. The second-order valence-corrected chi connectivity index (χ2v) is 3.46. The third-order valence-corrected chi connectivity index (χ3v) is 2.29. The summed E-state index contributed by atoms with van der Waals surface area (Å²) in [6.07, 6.45) is 0.908. The van der Waals surface area contributed by atoms with Gasteiger partial charge in [-0.05, 0) is 13.0 Å². The monoisotopic (exact) mass is 190 g/mol. The maximum atomic E-state index is 5.59. The second-order valence-electron chi connectivity index (χ2n) is 3.46. The molecule has 2 N–H and O–H groups in total. The molecule has 74 valence electrons. The molecule has 0 amide bonds. The fourth-order valence-electron chi connectivity index (χ4n) is 1.70. The highest BCUT2D eigenvalue weighted by atomic mass is 16.5. The molecule has 0 radical (unpaired) electrons. The van der Waals surface area contributed by atoms with E-state index in [0.717, 1.165) is 24.3 Å². The van der Waals surface area contributed by atoms with Gasteiger partial charge in [0.05, 0.1) is 18.5 Å². The van der Waals surface area contributed by atoms with Crippen LogP contribution in [0.15, 0.2) is 29.3 Å². The van der Waals surface area contributed by atoms with E-state index >= 15 is 0 Å². The van der Waals surface area contributed by atoms with Crippen molar-refractivity contribution in [3.8, 4) is 5.75 Å². The zero-order valence-electron chi connectivity index (χ0n) is 8.23. The number of nitrogens with zero attached hydrogens (tertiary/aromatic N) is 1. The van der Waals surface area contributed by atoms with Crippen molar-refractivity contribution in [1.82, 2.24) is 0 Å². The van der Waals surface area contributed by atoms with Crippen molar-refractivity contribution in [3.05, 3.63) is 29.8 Å². The Bertz CT molecular complexity index is 356. The molecule has 2 rings (SSSR count). The maximum Gasteiger partial charge on any atom is 0.124 e. The predicted molar refractivity (Wildman–Crippen MR) is 56.6 cm³/mol. The van der Waals surface area contributed by atoms with Crippen LogP contribution in [-0.4, -0.2) is 12.4 Å². The largest absolute Gasteiger partial charge is 0.493 e. The normalized spacial score (nSPS) is 21.2. The van der Waals surface area contributed by atoms with Crippen molar-refractivity contribution in [1.29, 1.82) is 0 Å². The average Bonchev–Trinajstić information content (AvgIpc) is 2.18. The van der Waals surface area contributed by atoms with Gasteiger partial charge >= 0.3 is 0 Å². The molecule has 1 heterocycles.